The number of thioether (sulfide) groups is 1. The summed E-state index contributed by atoms with van der Waals surface area (Å²) in [6, 6.07) is 11.8. The maximum atomic E-state index is 12.8. The van der Waals surface area contributed by atoms with E-state index in [0.29, 0.717) is 38.9 Å². The highest BCUT2D eigenvalue weighted by molar-refractivity contribution is 8.00. The van der Waals surface area contributed by atoms with Crippen LogP contribution in [-0.4, -0.2) is 28.5 Å². The highest BCUT2D eigenvalue weighted by Gasteiger charge is 2.29. The summed E-state index contributed by atoms with van der Waals surface area (Å²) in [7, 11) is 0. The first-order chi connectivity index (χ1) is 13.1. The molecule has 0 atom stereocenters. The molecule has 4 nitrogen and oxygen atoms in total. The molecule has 0 bridgehead atoms. The molecule has 2 aliphatic carbocycles. The Morgan fingerprint density at radius 2 is 1.52 bits per heavy atom. The monoisotopic (exact) mass is 379 g/mol. The van der Waals surface area contributed by atoms with Crippen LogP contribution < -0.4 is 5.32 Å². The van der Waals surface area contributed by atoms with Crippen LogP contribution in [0.25, 0.3) is 0 Å². The third-order valence-electron chi connectivity index (χ3n) is 5.21. The molecule has 4 rings (SSSR count). The van der Waals surface area contributed by atoms with Crippen molar-refractivity contribution in [3.8, 4) is 0 Å². The van der Waals surface area contributed by atoms with Gasteiger partial charge >= 0.3 is 0 Å². The molecule has 1 N–H and O–H groups in total. The number of benzene rings is 2. The quantitative estimate of drug-likeness (QED) is 0.727. The summed E-state index contributed by atoms with van der Waals surface area (Å²) >= 11 is 1.71. The second kappa shape index (κ2) is 7.69. The standard InChI is InChI=1S/C22H21NO3S/c24-20(13-27-15-6-2-1-3-7-15)23-14-10-11-18-19(12-14)22(26)17-9-5-4-8-16(17)21(18)25/h4-5,8-12,15H,1-3,6-7,13H2,(H,23,24). The lowest BCUT2D eigenvalue weighted by atomic mass is 9.84. The molecule has 2 aliphatic rings. The predicted molar refractivity (Wildman–Crippen MR) is 108 cm³/mol. The minimum Gasteiger partial charge on any atom is -0.325 e. The van der Waals surface area contributed by atoms with Gasteiger partial charge in [-0.25, -0.2) is 0 Å². The van der Waals surface area contributed by atoms with E-state index in [-0.39, 0.29) is 17.5 Å². The summed E-state index contributed by atoms with van der Waals surface area (Å²) in [5.74, 6) is 0.0246. The largest absolute Gasteiger partial charge is 0.325 e. The minimum absolute atomic E-state index is 0.0690. The zero-order valence-electron chi connectivity index (χ0n) is 15.0. The first-order valence-corrected chi connectivity index (χ1v) is 10.4. The Morgan fingerprint density at radius 3 is 2.22 bits per heavy atom. The number of fused-ring (bicyclic) bond motifs is 2. The van der Waals surface area contributed by atoms with E-state index in [2.05, 4.69) is 5.32 Å². The molecule has 0 aliphatic heterocycles. The van der Waals surface area contributed by atoms with Crippen LogP contribution in [0.15, 0.2) is 42.5 Å². The normalized spacial score (nSPS) is 16.6. The van der Waals surface area contributed by atoms with Crippen molar-refractivity contribution >= 4 is 34.9 Å². The van der Waals surface area contributed by atoms with E-state index in [1.807, 2.05) is 0 Å². The average Bonchev–Trinajstić information content (AvgIpc) is 2.71. The maximum Gasteiger partial charge on any atom is 0.234 e. The van der Waals surface area contributed by atoms with Gasteiger partial charge in [-0.05, 0) is 31.0 Å². The van der Waals surface area contributed by atoms with Gasteiger partial charge in [0.15, 0.2) is 11.6 Å². The van der Waals surface area contributed by atoms with Gasteiger partial charge in [0.05, 0.1) is 5.75 Å². The van der Waals surface area contributed by atoms with Crippen molar-refractivity contribution in [2.45, 2.75) is 37.4 Å². The van der Waals surface area contributed by atoms with E-state index in [9.17, 15) is 14.4 Å². The number of hydrogen-bond acceptors (Lipinski definition) is 4. The first kappa shape index (κ1) is 18.0. The summed E-state index contributed by atoms with van der Waals surface area (Å²) in [5, 5.41) is 3.44. The van der Waals surface area contributed by atoms with Crippen molar-refractivity contribution in [3.05, 3.63) is 64.7 Å². The smallest absolute Gasteiger partial charge is 0.234 e. The first-order valence-electron chi connectivity index (χ1n) is 9.37. The Labute approximate surface area is 162 Å². The molecule has 0 saturated heterocycles. The van der Waals surface area contributed by atoms with Gasteiger partial charge < -0.3 is 5.32 Å². The van der Waals surface area contributed by atoms with Gasteiger partial charge in [-0.1, -0.05) is 43.5 Å². The Bertz CT molecular complexity index is 916. The van der Waals surface area contributed by atoms with E-state index in [1.165, 1.54) is 32.1 Å². The molecule has 27 heavy (non-hydrogen) atoms. The Hall–Kier alpha value is -2.40. The fourth-order valence-corrected chi connectivity index (χ4v) is 4.93. The van der Waals surface area contributed by atoms with Crippen LogP contribution >= 0.6 is 11.8 Å². The van der Waals surface area contributed by atoms with Gasteiger partial charge in [0.1, 0.15) is 0 Å². The van der Waals surface area contributed by atoms with Gasteiger partial charge in [0, 0.05) is 33.2 Å². The van der Waals surface area contributed by atoms with Crippen molar-refractivity contribution in [3.63, 3.8) is 0 Å². The summed E-state index contributed by atoms with van der Waals surface area (Å²) in [4.78, 5) is 37.7. The van der Waals surface area contributed by atoms with Crippen molar-refractivity contribution in [1.82, 2.24) is 0 Å². The van der Waals surface area contributed by atoms with E-state index >= 15 is 0 Å². The summed E-state index contributed by atoms with van der Waals surface area (Å²) < 4.78 is 0. The number of nitrogens with one attached hydrogen (secondary N) is 1. The van der Waals surface area contributed by atoms with E-state index in [1.54, 1.807) is 54.2 Å². The Morgan fingerprint density at radius 1 is 0.889 bits per heavy atom. The van der Waals surface area contributed by atoms with Crippen LogP contribution in [0, 0.1) is 0 Å². The van der Waals surface area contributed by atoms with Crippen molar-refractivity contribution in [1.29, 1.82) is 0 Å². The molecule has 2 aromatic carbocycles. The molecule has 0 spiro atoms. The molecule has 5 heteroatoms. The summed E-state index contributed by atoms with van der Waals surface area (Å²) in [6.07, 6.45) is 6.18. The molecule has 1 saturated carbocycles. The molecule has 0 unspecified atom stereocenters. The molecule has 0 aromatic heterocycles. The predicted octanol–water partition coefficient (Wildman–Crippen LogP) is 4.47. The van der Waals surface area contributed by atoms with Gasteiger partial charge in [-0.2, -0.15) is 0 Å². The number of carbonyl (C=O) groups is 3. The lowest BCUT2D eigenvalue weighted by molar-refractivity contribution is -0.113. The lowest BCUT2D eigenvalue weighted by Crippen LogP contribution is -2.22. The van der Waals surface area contributed by atoms with Crippen LogP contribution in [0.2, 0.25) is 0 Å². The Balaban J connectivity index is 1.47. The van der Waals surface area contributed by atoms with Gasteiger partial charge in [0.2, 0.25) is 5.91 Å². The van der Waals surface area contributed by atoms with Gasteiger partial charge in [0.25, 0.3) is 0 Å². The molecular weight excluding hydrogens is 358 g/mol. The van der Waals surface area contributed by atoms with Crippen LogP contribution in [0.1, 0.15) is 63.9 Å². The lowest BCUT2D eigenvalue weighted by Gasteiger charge is -2.21. The van der Waals surface area contributed by atoms with Crippen LogP contribution in [0.4, 0.5) is 5.69 Å². The number of anilines is 1. The van der Waals surface area contributed by atoms with Crippen LogP contribution in [-0.2, 0) is 4.79 Å². The number of carbonyl (C=O) groups excluding carboxylic acids is 3. The van der Waals surface area contributed by atoms with Crippen molar-refractivity contribution in [2.24, 2.45) is 0 Å². The van der Waals surface area contributed by atoms with Crippen molar-refractivity contribution in [2.75, 3.05) is 11.1 Å². The minimum atomic E-state index is -0.173. The highest BCUT2D eigenvalue weighted by Crippen LogP contribution is 2.30. The molecular formula is C22H21NO3S. The molecule has 138 valence electrons. The van der Waals surface area contributed by atoms with Crippen LogP contribution in [0.5, 0.6) is 0 Å². The summed E-state index contributed by atoms with van der Waals surface area (Å²) in [6.45, 7) is 0. The molecule has 2 aromatic rings. The fraction of sp³-hybridized carbons (Fsp3) is 0.318. The molecule has 1 fully saturated rings. The molecule has 0 radical (unpaired) electrons. The average molecular weight is 379 g/mol. The second-order valence-corrected chi connectivity index (χ2v) is 8.37. The van der Waals surface area contributed by atoms with E-state index in [4.69, 9.17) is 0 Å². The van der Waals surface area contributed by atoms with Gasteiger partial charge in [-0.15, -0.1) is 11.8 Å². The fourth-order valence-electron chi connectivity index (χ4n) is 3.80. The van der Waals surface area contributed by atoms with E-state index in [0.717, 1.165) is 0 Å². The highest BCUT2D eigenvalue weighted by atomic mass is 32.2. The number of amides is 1. The number of rotatable bonds is 4. The summed E-state index contributed by atoms with van der Waals surface area (Å²) in [5.41, 5.74) is 2.18. The van der Waals surface area contributed by atoms with Crippen LogP contribution in [0.3, 0.4) is 0 Å². The number of ketones is 2. The number of hydrogen-bond donors (Lipinski definition) is 1. The van der Waals surface area contributed by atoms with Crippen molar-refractivity contribution < 1.29 is 14.4 Å². The molecule has 1 amide bonds. The third-order valence-corrected chi connectivity index (χ3v) is 6.58. The van der Waals surface area contributed by atoms with Gasteiger partial charge in [-0.3, -0.25) is 14.4 Å². The third kappa shape index (κ3) is 3.69. The Kier molecular flexibility index (Phi) is 5.12. The topological polar surface area (TPSA) is 63.2 Å². The molecule has 0 heterocycles. The SMILES string of the molecule is O=C(CSC1CCCCC1)Nc1ccc2c(c1)C(=O)c1ccccc1C2=O. The zero-order valence-corrected chi connectivity index (χ0v) is 15.8. The maximum absolute atomic E-state index is 12.8. The second-order valence-electron chi connectivity index (χ2n) is 7.08. The van der Waals surface area contributed by atoms with E-state index < -0.39 is 0 Å². The zero-order chi connectivity index (χ0) is 18.8.